The number of halogens is 2. The minimum atomic E-state index is -3.51. The van der Waals surface area contributed by atoms with Crippen LogP contribution in [0.15, 0.2) is 23.1 Å². The van der Waals surface area contributed by atoms with Crippen molar-refractivity contribution in [1.29, 1.82) is 0 Å². The van der Waals surface area contributed by atoms with Crippen LogP contribution in [0.5, 0.6) is 0 Å². The summed E-state index contributed by atoms with van der Waals surface area (Å²) in [6.45, 7) is 20.6. The lowest BCUT2D eigenvalue weighted by Gasteiger charge is -2.69. The van der Waals surface area contributed by atoms with Crippen LogP contribution in [0.1, 0.15) is 99.8 Å². The van der Waals surface area contributed by atoms with Crippen molar-refractivity contribution in [3.8, 4) is 0 Å². The molecule has 3 fully saturated rings. The first-order chi connectivity index (χ1) is 18.2. The number of ketones is 1. The molecule has 5 aliphatic rings. The monoisotopic (exact) mass is 558 g/mol. The number of amides is 1. The number of alkyl halides is 2. The fourth-order valence-corrected chi connectivity index (χ4v) is 10.1. The van der Waals surface area contributed by atoms with Crippen LogP contribution in [0.4, 0.5) is 8.78 Å². The van der Waals surface area contributed by atoms with Crippen molar-refractivity contribution in [2.45, 2.75) is 117 Å². The minimum Gasteiger partial charge on any atom is -0.521 e. The van der Waals surface area contributed by atoms with Crippen LogP contribution in [0, 0.1) is 46.0 Å². The van der Waals surface area contributed by atoms with E-state index in [-0.39, 0.29) is 40.9 Å². The van der Waals surface area contributed by atoms with E-state index in [2.05, 4.69) is 37.9 Å². The first-order valence-corrected chi connectivity index (χ1v) is 14.7. The summed E-state index contributed by atoms with van der Waals surface area (Å²) in [6.07, 6.45) is 6.40. The van der Waals surface area contributed by atoms with Crippen molar-refractivity contribution < 1.29 is 28.6 Å². The number of aliphatic hydroxyl groups is 2. The molecule has 5 rings (SSSR count). The molecule has 0 unspecified atom stereocenters. The predicted molar refractivity (Wildman–Crippen MR) is 147 cm³/mol. The van der Waals surface area contributed by atoms with Gasteiger partial charge < -0.3 is 15.5 Å². The molecule has 0 saturated heterocycles. The molecule has 3 N–H and O–H groups in total. The van der Waals surface area contributed by atoms with Gasteiger partial charge in [0.15, 0.2) is 5.78 Å². The van der Waals surface area contributed by atoms with E-state index in [4.69, 9.17) is 6.57 Å². The quantitative estimate of drug-likeness (QED) is 0.337. The van der Waals surface area contributed by atoms with E-state index in [1.54, 1.807) is 13.0 Å². The van der Waals surface area contributed by atoms with Gasteiger partial charge in [-0.3, -0.25) is 9.59 Å². The normalized spacial score (nSPS) is 46.2. The van der Waals surface area contributed by atoms with E-state index in [9.17, 15) is 28.6 Å². The van der Waals surface area contributed by atoms with Gasteiger partial charge >= 0.3 is 5.92 Å². The molecule has 220 valence electrons. The lowest BCUT2D eigenvalue weighted by atomic mass is 9.35. The summed E-state index contributed by atoms with van der Waals surface area (Å²) in [7, 11) is 0. The zero-order valence-electron chi connectivity index (χ0n) is 24.9. The highest BCUT2D eigenvalue weighted by atomic mass is 19.3. The van der Waals surface area contributed by atoms with E-state index >= 15 is 0 Å². The van der Waals surface area contributed by atoms with Crippen LogP contribution in [-0.4, -0.2) is 39.0 Å². The molecule has 40 heavy (non-hydrogen) atoms. The Morgan fingerprint density at radius 1 is 1.10 bits per heavy atom. The third-order valence-electron chi connectivity index (χ3n) is 12.5. The second-order valence-electron chi connectivity index (χ2n) is 15.4. The molecule has 8 atom stereocenters. The van der Waals surface area contributed by atoms with Crippen LogP contribution in [0.25, 0.3) is 4.85 Å². The summed E-state index contributed by atoms with van der Waals surface area (Å²) in [5.74, 6) is -6.20. The zero-order chi connectivity index (χ0) is 29.9. The second kappa shape index (κ2) is 8.40. The number of rotatable bonds is 2. The average Bonchev–Trinajstić information content (AvgIpc) is 2.83. The Labute approximate surface area is 236 Å². The molecule has 0 aromatic carbocycles. The number of hydrogen-bond acceptors (Lipinski definition) is 4. The third kappa shape index (κ3) is 3.71. The van der Waals surface area contributed by atoms with Gasteiger partial charge in [0, 0.05) is 24.3 Å². The van der Waals surface area contributed by atoms with Crippen molar-refractivity contribution in [3.63, 3.8) is 0 Å². The van der Waals surface area contributed by atoms with Crippen molar-refractivity contribution in [2.75, 3.05) is 0 Å². The van der Waals surface area contributed by atoms with E-state index in [1.165, 1.54) is 0 Å². The van der Waals surface area contributed by atoms with Gasteiger partial charge in [-0.2, -0.15) is 8.78 Å². The molecule has 0 radical (unpaired) electrons. The van der Waals surface area contributed by atoms with Gasteiger partial charge in [0.05, 0.1) is 6.57 Å². The van der Waals surface area contributed by atoms with Gasteiger partial charge in [0.2, 0.25) is 5.70 Å². The lowest BCUT2D eigenvalue weighted by Crippen LogP contribution is -2.70. The maximum Gasteiger partial charge on any atom is 0.321 e. The molecular weight excluding hydrogens is 514 g/mol. The minimum absolute atomic E-state index is 0.0519. The zero-order valence-corrected chi connectivity index (χ0v) is 24.9. The smallest absolute Gasteiger partial charge is 0.321 e. The van der Waals surface area contributed by atoms with Crippen LogP contribution >= 0.6 is 0 Å². The number of aliphatic hydroxyl groups excluding tert-OH is 1. The molecule has 0 bridgehead atoms. The summed E-state index contributed by atoms with van der Waals surface area (Å²) in [4.78, 5) is 30.6. The SMILES string of the molecule is [C-]#[N+]C1=C(O)[C@@](C)(O)[C@@H]2CC[C@]3(C)C(=CC(=O)[C@@H]4[C@@H]5CC(C)(C)CC[C@]5(NC(=O)C(C)(F)F)CC[C@]43C)[C@@]2(C)C1. The number of allylic oxidation sites excluding steroid dienone is 3. The Morgan fingerprint density at radius 3 is 2.33 bits per heavy atom. The molecule has 1 amide bonds. The fourth-order valence-electron chi connectivity index (χ4n) is 10.1. The van der Waals surface area contributed by atoms with Gasteiger partial charge in [-0.25, -0.2) is 4.85 Å². The van der Waals surface area contributed by atoms with Crippen LogP contribution in [0.2, 0.25) is 0 Å². The highest BCUT2D eigenvalue weighted by Crippen LogP contribution is 2.73. The number of nitrogens with one attached hydrogen (secondary N) is 1. The molecule has 0 aromatic rings. The molecule has 0 aromatic heterocycles. The Bertz CT molecular complexity index is 1270. The molecule has 5 aliphatic carbocycles. The Balaban J connectivity index is 1.65. The second-order valence-corrected chi connectivity index (χ2v) is 15.4. The maximum absolute atomic E-state index is 14.4. The number of hydrogen-bond donors (Lipinski definition) is 3. The third-order valence-corrected chi connectivity index (χ3v) is 12.5. The summed E-state index contributed by atoms with van der Waals surface area (Å²) in [5.41, 5.74) is -3.14. The van der Waals surface area contributed by atoms with Gasteiger partial charge in [0.25, 0.3) is 5.91 Å². The van der Waals surface area contributed by atoms with E-state index in [0.29, 0.717) is 45.4 Å². The first-order valence-electron chi connectivity index (χ1n) is 14.7. The van der Waals surface area contributed by atoms with Crippen molar-refractivity contribution >= 4 is 11.7 Å². The number of carbonyl (C=O) groups excluding carboxylic acids is 2. The Hall–Kier alpha value is -2.27. The standard InChI is InChI=1S/C32H44F2N2O4/c1-26(2)11-13-32(36-25(39)31(7,33)34)14-12-29(5)23(18(32)16-26)20(37)15-22-27(3)17-19(35-8)24(38)30(6,40)21(27)9-10-28(22,29)4/h15,18,21,23,38,40H,9-14,16-17H2,1-7H3,(H,36,39)/t18-,21+,23-,27-,28+,29+,30-,32-/m0/s1. The van der Waals surface area contributed by atoms with Gasteiger partial charge in [-0.15, -0.1) is 0 Å². The fraction of sp³-hybridized carbons (Fsp3) is 0.781. The molecule has 0 aliphatic heterocycles. The van der Waals surface area contributed by atoms with E-state index in [1.807, 2.05) is 6.92 Å². The Morgan fingerprint density at radius 2 is 1.73 bits per heavy atom. The predicted octanol–water partition coefficient (Wildman–Crippen LogP) is 6.51. The molecule has 6 nitrogen and oxygen atoms in total. The summed E-state index contributed by atoms with van der Waals surface area (Å²) >= 11 is 0. The Kier molecular flexibility index (Phi) is 6.14. The van der Waals surface area contributed by atoms with Gasteiger partial charge in [0.1, 0.15) is 11.4 Å². The first kappa shape index (κ1) is 29.2. The lowest BCUT2D eigenvalue weighted by molar-refractivity contribution is -0.172. The number of carbonyl (C=O) groups is 2. The van der Waals surface area contributed by atoms with Crippen molar-refractivity contribution in [2.24, 2.45) is 39.4 Å². The van der Waals surface area contributed by atoms with Crippen LogP contribution in [0.3, 0.4) is 0 Å². The number of nitrogens with zero attached hydrogens (tertiary/aromatic N) is 1. The molecule has 8 heteroatoms. The van der Waals surface area contributed by atoms with Gasteiger partial charge in [-0.1, -0.05) is 40.2 Å². The van der Waals surface area contributed by atoms with E-state index in [0.717, 1.165) is 12.0 Å². The molecular formula is C32H44F2N2O4. The van der Waals surface area contributed by atoms with Gasteiger partial charge in [-0.05, 0) is 91.9 Å². The van der Waals surface area contributed by atoms with E-state index < -0.39 is 45.1 Å². The van der Waals surface area contributed by atoms with Crippen LogP contribution in [-0.2, 0) is 9.59 Å². The van der Waals surface area contributed by atoms with Crippen molar-refractivity contribution in [1.82, 2.24) is 5.32 Å². The maximum atomic E-state index is 14.4. The summed E-state index contributed by atoms with van der Waals surface area (Å²) < 4.78 is 28.3. The van der Waals surface area contributed by atoms with Crippen molar-refractivity contribution in [3.05, 3.63) is 34.5 Å². The topological polar surface area (TPSA) is 91.0 Å². The highest BCUT2D eigenvalue weighted by Gasteiger charge is 2.70. The highest BCUT2D eigenvalue weighted by molar-refractivity contribution is 5.96. The molecule has 3 saturated carbocycles. The summed E-state index contributed by atoms with van der Waals surface area (Å²) in [6, 6.07) is 0. The molecule has 0 heterocycles. The number of fused-ring (bicyclic) bond motifs is 7. The average molecular weight is 559 g/mol. The molecule has 0 spiro atoms. The van der Waals surface area contributed by atoms with Crippen LogP contribution < -0.4 is 5.32 Å². The summed E-state index contributed by atoms with van der Waals surface area (Å²) in [5, 5.41) is 25.0. The largest absolute Gasteiger partial charge is 0.521 e.